The molecule has 4 aromatic rings. The average Bonchev–Trinajstić information content (AvgIpc) is 3.51. The van der Waals surface area contributed by atoms with Gasteiger partial charge in [0.1, 0.15) is 5.82 Å². The third kappa shape index (κ3) is 5.72. The van der Waals surface area contributed by atoms with Crippen molar-refractivity contribution in [3.8, 4) is 22.5 Å². The summed E-state index contributed by atoms with van der Waals surface area (Å²) in [5.41, 5.74) is 2.61. The van der Waals surface area contributed by atoms with E-state index in [-0.39, 0.29) is 48.4 Å². The smallest absolute Gasteiger partial charge is 0.243 e. The van der Waals surface area contributed by atoms with E-state index in [2.05, 4.69) is 20.6 Å². The first-order valence-corrected chi connectivity index (χ1v) is 13.9. The van der Waals surface area contributed by atoms with Crippen molar-refractivity contribution < 1.29 is 22.3 Å². The molecule has 39 heavy (non-hydrogen) atoms. The number of sulfonamides is 1. The van der Waals surface area contributed by atoms with Gasteiger partial charge in [0, 0.05) is 30.8 Å². The molecular formula is C27H27FN6O4S. The van der Waals surface area contributed by atoms with E-state index in [1.807, 2.05) is 36.4 Å². The monoisotopic (exact) mass is 550 g/mol. The number of amides is 1. The molecule has 12 heteroatoms. The third-order valence-electron chi connectivity index (χ3n) is 6.51. The number of benzene rings is 3. The van der Waals surface area contributed by atoms with E-state index in [9.17, 15) is 17.6 Å². The number of tetrazole rings is 1. The standard InChI is InChI=1S/C27H27FN6O4S/c1-2-26(35)34(24-15-22(14-23(28)17-24)27-29-31-32-30-27)18-21-9-8-20(19-6-4-3-5-7-19)16-25(21)39(36,37)33-10-12-38-13-11-33/h3-9,14-17H,2,10-13,18H2,1H3,(H,29,30,31,32). The van der Waals surface area contributed by atoms with Crippen LogP contribution in [0, 0.1) is 5.82 Å². The van der Waals surface area contributed by atoms with E-state index >= 15 is 0 Å². The Kier molecular flexibility index (Phi) is 7.77. The summed E-state index contributed by atoms with van der Waals surface area (Å²) < 4.78 is 49.3. The molecular weight excluding hydrogens is 523 g/mol. The summed E-state index contributed by atoms with van der Waals surface area (Å²) in [6, 6.07) is 18.7. The summed E-state index contributed by atoms with van der Waals surface area (Å²) >= 11 is 0. The van der Waals surface area contributed by atoms with Crippen molar-refractivity contribution in [2.45, 2.75) is 24.8 Å². The molecule has 0 atom stereocenters. The molecule has 0 aliphatic carbocycles. The molecule has 1 aliphatic heterocycles. The van der Waals surface area contributed by atoms with E-state index in [1.54, 1.807) is 25.1 Å². The van der Waals surface area contributed by atoms with Crippen LogP contribution in [0.1, 0.15) is 18.9 Å². The number of anilines is 1. The van der Waals surface area contributed by atoms with E-state index in [1.165, 1.54) is 21.3 Å². The van der Waals surface area contributed by atoms with Gasteiger partial charge in [-0.3, -0.25) is 4.79 Å². The number of aromatic amines is 1. The van der Waals surface area contributed by atoms with Crippen molar-refractivity contribution >= 4 is 21.6 Å². The fourth-order valence-electron chi connectivity index (χ4n) is 4.49. The number of morpholine rings is 1. The second kappa shape index (κ2) is 11.4. The quantitative estimate of drug-likeness (QED) is 0.356. The molecule has 0 bridgehead atoms. The molecule has 3 aromatic carbocycles. The Labute approximate surface area is 225 Å². The highest BCUT2D eigenvalue weighted by Crippen LogP contribution is 2.31. The summed E-state index contributed by atoms with van der Waals surface area (Å²) in [6.07, 6.45) is 0.128. The van der Waals surface area contributed by atoms with E-state index in [0.29, 0.717) is 24.3 Å². The number of aromatic nitrogens is 4. The first-order valence-electron chi connectivity index (χ1n) is 12.5. The van der Waals surface area contributed by atoms with Gasteiger partial charge in [-0.25, -0.2) is 17.9 Å². The Morgan fingerprint density at radius 2 is 1.79 bits per heavy atom. The Morgan fingerprint density at radius 3 is 2.49 bits per heavy atom. The summed E-state index contributed by atoms with van der Waals surface area (Å²) in [5, 5.41) is 13.5. The number of H-pyrrole nitrogens is 1. The first kappa shape index (κ1) is 26.6. The van der Waals surface area contributed by atoms with Crippen LogP contribution in [0.5, 0.6) is 0 Å². The van der Waals surface area contributed by atoms with Crippen LogP contribution in [0.25, 0.3) is 22.5 Å². The number of nitrogens with zero attached hydrogens (tertiary/aromatic N) is 5. The van der Waals surface area contributed by atoms with Crippen molar-refractivity contribution in [3.63, 3.8) is 0 Å². The van der Waals surface area contributed by atoms with E-state index in [4.69, 9.17) is 4.74 Å². The first-order chi connectivity index (χ1) is 18.9. The predicted octanol–water partition coefficient (Wildman–Crippen LogP) is 3.64. The van der Waals surface area contributed by atoms with Crippen LogP contribution < -0.4 is 4.90 Å². The molecule has 1 aliphatic rings. The van der Waals surface area contributed by atoms with Crippen molar-refractivity contribution in [2.24, 2.45) is 0 Å². The molecule has 5 rings (SSSR count). The van der Waals surface area contributed by atoms with Crippen molar-refractivity contribution in [1.29, 1.82) is 0 Å². The molecule has 1 saturated heterocycles. The number of ether oxygens (including phenoxy) is 1. The minimum absolute atomic E-state index is 0.0851. The number of hydrogen-bond acceptors (Lipinski definition) is 7. The highest BCUT2D eigenvalue weighted by atomic mass is 32.2. The maximum Gasteiger partial charge on any atom is 0.243 e. The Bertz CT molecular complexity index is 1560. The Balaban J connectivity index is 1.60. The van der Waals surface area contributed by atoms with Gasteiger partial charge >= 0.3 is 0 Å². The number of hydrogen-bond donors (Lipinski definition) is 1. The highest BCUT2D eigenvalue weighted by molar-refractivity contribution is 7.89. The second-order valence-electron chi connectivity index (χ2n) is 8.99. The Hall–Kier alpha value is -4.00. The van der Waals surface area contributed by atoms with Gasteiger partial charge in [-0.15, -0.1) is 5.10 Å². The zero-order valence-corrected chi connectivity index (χ0v) is 22.1. The topological polar surface area (TPSA) is 121 Å². The van der Waals surface area contributed by atoms with Gasteiger partial charge in [0.05, 0.1) is 24.7 Å². The third-order valence-corrected chi connectivity index (χ3v) is 8.49. The lowest BCUT2D eigenvalue weighted by atomic mass is 10.0. The predicted molar refractivity (Wildman–Crippen MR) is 143 cm³/mol. The highest BCUT2D eigenvalue weighted by Gasteiger charge is 2.30. The molecule has 0 radical (unpaired) electrons. The van der Waals surface area contributed by atoms with Crippen molar-refractivity contribution in [2.75, 3.05) is 31.2 Å². The largest absolute Gasteiger partial charge is 0.379 e. The molecule has 1 fully saturated rings. The summed E-state index contributed by atoms with van der Waals surface area (Å²) in [7, 11) is -3.93. The molecule has 1 aromatic heterocycles. The van der Waals surface area contributed by atoms with Gasteiger partial charge in [-0.1, -0.05) is 49.4 Å². The normalized spacial score (nSPS) is 14.3. The molecule has 202 valence electrons. The van der Waals surface area contributed by atoms with Crippen LogP contribution in [0.15, 0.2) is 71.6 Å². The number of halogens is 1. The fraction of sp³-hybridized carbons (Fsp3) is 0.259. The van der Waals surface area contributed by atoms with Gasteiger partial charge in [-0.2, -0.15) is 4.31 Å². The number of rotatable bonds is 8. The fourth-order valence-corrected chi connectivity index (χ4v) is 6.14. The molecule has 0 unspecified atom stereocenters. The summed E-state index contributed by atoms with van der Waals surface area (Å²) in [4.78, 5) is 14.6. The van der Waals surface area contributed by atoms with Gasteiger partial charge in [0.15, 0.2) is 5.82 Å². The molecule has 0 saturated carbocycles. The summed E-state index contributed by atoms with van der Waals surface area (Å²) in [6.45, 7) is 2.67. The zero-order valence-electron chi connectivity index (χ0n) is 21.2. The molecule has 1 amide bonds. The number of carbonyl (C=O) groups excluding carboxylic acids is 1. The van der Waals surface area contributed by atoms with Crippen LogP contribution in [-0.4, -0.2) is 65.6 Å². The molecule has 10 nitrogen and oxygen atoms in total. The minimum Gasteiger partial charge on any atom is -0.379 e. The maximum absolute atomic E-state index is 14.7. The maximum atomic E-state index is 14.7. The number of carbonyl (C=O) groups is 1. The van der Waals surface area contributed by atoms with E-state index in [0.717, 1.165) is 11.1 Å². The average molecular weight is 551 g/mol. The lowest BCUT2D eigenvalue weighted by molar-refractivity contribution is -0.118. The Morgan fingerprint density at radius 1 is 1.03 bits per heavy atom. The zero-order chi connectivity index (χ0) is 27.4. The number of nitrogens with one attached hydrogen (secondary N) is 1. The van der Waals surface area contributed by atoms with Crippen LogP contribution >= 0.6 is 0 Å². The summed E-state index contributed by atoms with van der Waals surface area (Å²) in [5.74, 6) is -0.653. The van der Waals surface area contributed by atoms with Gasteiger partial charge < -0.3 is 9.64 Å². The van der Waals surface area contributed by atoms with Crippen LogP contribution in [0.4, 0.5) is 10.1 Å². The van der Waals surface area contributed by atoms with Crippen LogP contribution in [0.2, 0.25) is 0 Å². The van der Waals surface area contributed by atoms with Gasteiger partial charge in [-0.05, 0) is 51.4 Å². The van der Waals surface area contributed by atoms with Crippen LogP contribution in [0.3, 0.4) is 0 Å². The molecule has 2 heterocycles. The second-order valence-corrected chi connectivity index (χ2v) is 10.9. The lowest BCUT2D eigenvalue weighted by Crippen LogP contribution is -2.41. The molecule has 1 N–H and O–H groups in total. The van der Waals surface area contributed by atoms with Crippen LogP contribution in [-0.2, 0) is 26.1 Å². The van der Waals surface area contributed by atoms with Crippen molar-refractivity contribution in [1.82, 2.24) is 24.9 Å². The van der Waals surface area contributed by atoms with E-state index < -0.39 is 15.8 Å². The SMILES string of the molecule is CCC(=O)N(Cc1ccc(-c2ccccc2)cc1S(=O)(=O)N1CCOCC1)c1cc(F)cc(-c2nnn[nH]2)c1. The van der Waals surface area contributed by atoms with Crippen molar-refractivity contribution in [3.05, 3.63) is 78.1 Å². The lowest BCUT2D eigenvalue weighted by Gasteiger charge is -2.29. The molecule has 0 spiro atoms. The minimum atomic E-state index is -3.93. The van der Waals surface area contributed by atoms with Gasteiger partial charge in [0.2, 0.25) is 15.9 Å². The van der Waals surface area contributed by atoms with Gasteiger partial charge in [0.25, 0.3) is 0 Å².